The van der Waals surface area contributed by atoms with Gasteiger partial charge in [0, 0.05) is 22.1 Å². The molecule has 0 radical (unpaired) electrons. The Balaban J connectivity index is 1.16. The fourth-order valence-electron chi connectivity index (χ4n) is 8.62. The van der Waals surface area contributed by atoms with Gasteiger partial charge in [-0.25, -0.2) is 0 Å². The molecule has 0 atom stereocenters. The largest absolute Gasteiger partial charge is 0.454 e. The van der Waals surface area contributed by atoms with Crippen LogP contribution < -0.4 is 4.90 Å². The quantitative estimate of drug-likeness (QED) is 0.175. The Morgan fingerprint density at radius 2 is 0.846 bits per heavy atom. The van der Waals surface area contributed by atoms with Crippen molar-refractivity contribution in [2.24, 2.45) is 0 Å². The maximum absolute atomic E-state index is 6.55. The zero-order valence-electron chi connectivity index (χ0n) is 28.3. The van der Waals surface area contributed by atoms with Crippen LogP contribution in [0.3, 0.4) is 0 Å². The van der Waals surface area contributed by atoms with Gasteiger partial charge in [-0.2, -0.15) is 0 Å². The fraction of sp³-hybridized carbons (Fsp3) is 0. The second kappa shape index (κ2) is 11.3. The van der Waals surface area contributed by atoms with Crippen LogP contribution in [0.4, 0.5) is 17.1 Å². The first-order chi connectivity index (χ1) is 25.8. The lowest BCUT2D eigenvalue weighted by Crippen LogP contribution is -2.10. The van der Waals surface area contributed by atoms with Gasteiger partial charge in [0.15, 0.2) is 5.58 Å². The van der Waals surface area contributed by atoms with E-state index in [1.54, 1.807) is 0 Å². The number of rotatable bonds is 4. The summed E-state index contributed by atoms with van der Waals surface area (Å²) in [4.78, 5) is 2.31. The van der Waals surface area contributed by atoms with Gasteiger partial charge in [-0.3, -0.25) is 0 Å². The third-order valence-corrected chi connectivity index (χ3v) is 10.8. The molecule has 10 aromatic rings. The number of hydrogen-bond donors (Lipinski definition) is 0. The molecule has 2 heteroatoms. The predicted molar refractivity (Wildman–Crippen MR) is 219 cm³/mol. The van der Waals surface area contributed by atoms with E-state index in [1.165, 1.54) is 66.1 Å². The van der Waals surface area contributed by atoms with Crippen LogP contribution in [0.5, 0.6) is 0 Å². The molecular weight excluding hydrogens is 631 g/mol. The Morgan fingerprint density at radius 3 is 1.62 bits per heavy atom. The molecule has 0 saturated carbocycles. The molecule has 0 bridgehead atoms. The summed E-state index contributed by atoms with van der Waals surface area (Å²) in [6.45, 7) is 0. The van der Waals surface area contributed by atoms with Crippen LogP contribution in [0.15, 0.2) is 192 Å². The van der Waals surface area contributed by atoms with E-state index < -0.39 is 0 Å². The molecule has 0 saturated heterocycles. The van der Waals surface area contributed by atoms with Crippen molar-refractivity contribution in [3.8, 4) is 44.5 Å². The molecule has 242 valence electrons. The highest BCUT2D eigenvalue weighted by molar-refractivity contribution is 6.27. The van der Waals surface area contributed by atoms with Crippen molar-refractivity contribution in [3.05, 3.63) is 188 Å². The number of nitrogens with zero attached hydrogens (tertiary/aromatic N) is 1. The molecule has 1 heterocycles. The van der Waals surface area contributed by atoms with Crippen molar-refractivity contribution in [1.29, 1.82) is 0 Å². The van der Waals surface area contributed by atoms with Crippen molar-refractivity contribution < 1.29 is 4.42 Å². The van der Waals surface area contributed by atoms with E-state index in [0.717, 1.165) is 39.0 Å². The highest BCUT2D eigenvalue weighted by Crippen LogP contribution is 2.53. The first-order valence-corrected chi connectivity index (χ1v) is 17.9. The van der Waals surface area contributed by atoms with E-state index in [1.807, 2.05) is 12.1 Å². The number of anilines is 3. The summed E-state index contributed by atoms with van der Waals surface area (Å²) in [7, 11) is 0. The summed E-state index contributed by atoms with van der Waals surface area (Å²) < 4.78 is 6.55. The van der Waals surface area contributed by atoms with Gasteiger partial charge in [-0.05, 0) is 102 Å². The molecule has 0 spiro atoms. The minimum Gasteiger partial charge on any atom is -0.454 e. The number of hydrogen-bond acceptors (Lipinski definition) is 2. The Labute approximate surface area is 301 Å². The molecule has 2 nitrogen and oxygen atoms in total. The first-order valence-electron chi connectivity index (χ1n) is 17.9. The molecule has 1 aliphatic rings. The Bertz CT molecular complexity index is 3010. The summed E-state index contributed by atoms with van der Waals surface area (Å²) in [5.41, 5.74) is 15.0. The topological polar surface area (TPSA) is 16.4 Å². The molecule has 0 unspecified atom stereocenters. The highest BCUT2D eigenvalue weighted by atomic mass is 16.3. The summed E-state index contributed by atoms with van der Waals surface area (Å²) in [6.07, 6.45) is 0. The smallest absolute Gasteiger partial charge is 0.159 e. The zero-order valence-corrected chi connectivity index (χ0v) is 28.3. The molecule has 0 amide bonds. The zero-order chi connectivity index (χ0) is 34.2. The molecule has 9 aromatic carbocycles. The Kier molecular flexibility index (Phi) is 6.28. The highest BCUT2D eigenvalue weighted by Gasteiger charge is 2.26. The van der Waals surface area contributed by atoms with E-state index >= 15 is 0 Å². The van der Waals surface area contributed by atoms with Gasteiger partial charge in [-0.1, -0.05) is 152 Å². The van der Waals surface area contributed by atoms with Crippen molar-refractivity contribution >= 4 is 60.5 Å². The van der Waals surface area contributed by atoms with Gasteiger partial charge in [0.05, 0.1) is 5.69 Å². The third-order valence-electron chi connectivity index (χ3n) is 10.8. The maximum Gasteiger partial charge on any atom is 0.159 e. The third kappa shape index (κ3) is 4.19. The monoisotopic (exact) mass is 661 g/mol. The van der Waals surface area contributed by atoms with Gasteiger partial charge in [0.2, 0.25) is 0 Å². The SMILES string of the molecule is c1ccc(N(c2ccc(-c3c4ccccc4c4c5c(cccc35)-c3ccccc3-c3ccccc3-4)cc2)c2cccc3c2oc2ccccc23)cc1. The van der Waals surface area contributed by atoms with Crippen LogP contribution >= 0.6 is 0 Å². The second-order valence-corrected chi connectivity index (χ2v) is 13.6. The summed E-state index contributed by atoms with van der Waals surface area (Å²) in [6, 6.07) is 67.9. The van der Waals surface area contributed by atoms with Crippen LogP contribution in [0.2, 0.25) is 0 Å². The van der Waals surface area contributed by atoms with Gasteiger partial charge in [0.25, 0.3) is 0 Å². The normalized spacial score (nSPS) is 11.8. The number of para-hydroxylation sites is 3. The summed E-state index contributed by atoms with van der Waals surface area (Å²) in [5, 5.41) is 7.32. The number of fused-ring (bicyclic) bond motifs is 10. The lowest BCUT2D eigenvalue weighted by atomic mass is 9.84. The predicted octanol–water partition coefficient (Wildman–Crippen LogP) is 14.3. The number of furan rings is 1. The maximum atomic E-state index is 6.55. The molecule has 0 fully saturated rings. The van der Waals surface area contributed by atoms with E-state index in [0.29, 0.717) is 0 Å². The van der Waals surface area contributed by atoms with Crippen LogP contribution in [-0.4, -0.2) is 0 Å². The van der Waals surface area contributed by atoms with Crippen LogP contribution in [0.25, 0.3) is 88.0 Å². The minimum absolute atomic E-state index is 0.878. The van der Waals surface area contributed by atoms with Gasteiger partial charge < -0.3 is 9.32 Å². The minimum atomic E-state index is 0.878. The Hall–Kier alpha value is -6.90. The number of benzene rings is 9. The molecule has 0 N–H and O–H groups in total. The van der Waals surface area contributed by atoms with Crippen molar-refractivity contribution in [2.75, 3.05) is 4.90 Å². The van der Waals surface area contributed by atoms with Gasteiger partial charge >= 0.3 is 0 Å². The lowest BCUT2D eigenvalue weighted by Gasteiger charge is -2.26. The molecular formula is C50H31NO. The van der Waals surface area contributed by atoms with E-state index in [-0.39, 0.29) is 0 Å². The van der Waals surface area contributed by atoms with Gasteiger partial charge in [0.1, 0.15) is 5.58 Å². The Morgan fingerprint density at radius 1 is 0.327 bits per heavy atom. The van der Waals surface area contributed by atoms with Gasteiger partial charge in [-0.15, -0.1) is 0 Å². The average molecular weight is 662 g/mol. The van der Waals surface area contributed by atoms with E-state index in [9.17, 15) is 0 Å². The second-order valence-electron chi connectivity index (χ2n) is 13.6. The molecule has 0 aliphatic heterocycles. The van der Waals surface area contributed by atoms with Crippen LogP contribution in [-0.2, 0) is 0 Å². The van der Waals surface area contributed by atoms with Crippen molar-refractivity contribution in [2.45, 2.75) is 0 Å². The summed E-state index contributed by atoms with van der Waals surface area (Å²) >= 11 is 0. The average Bonchev–Trinajstić information content (AvgIpc) is 3.54. The standard InChI is InChI=1S/C50H31NO/c1-2-14-33(15-3-1)51(45-26-13-24-43-38-19-10-11-27-46(38)52-50(43)45)34-30-28-32(29-31-34)47-41-21-8-9-22-42(41)48-39-20-7-6-18-36(39)35-16-4-5-17-37(35)40-23-12-25-44(47)49(40)48/h1-31H. The summed E-state index contributed by atoms with van der Waals surface area (Å²) in [5.74, 6) is 0. The molecule has 11 rings (SSSR count). The fourth-order valence-corrected chi connectivity index (χ4v) is 8.62. The van der Waals surface area contributed by atoms with E-state index in [2.05, 4.69) is 181 Å². The van der Waals surface area contributed by atoms with Crippen molar-refractivity contribution in [1.82, 2.24) is 0 Å². The van der Waals surface area contributed by atoms with E-state index in [4.69, 9.17) is 4.42 Å². The lowest BCUT2D eigenvalue weighted by molar-refractivity contribution is 0.669. The van der Waals surface area contributed by atoms with Crippen LogP contribution in [0.1, 0.15) is 0 Å². The molecule has 52 heavy (non-hydrogen) atoms. The first kappa shape index (κ1) is 28.9. The molecule has 1 aliphatic carbocycles. The van der Waals surface area contributed by atoms with Crippen LogP contribution in [0, 0.1) is 0 Å². The van der Waals surface area contributed by atoms with Crippen molar-refractivity contribution in [3.63, 3.8) is 0 Å². The molecule has 1 aromatic heterocycles.